The average molecular weight is 429 g/mol. The van der Waals surface area contributed by atoms with Crippen LogP contribution in [0.4, 0.5) is 0 Å². The molecule has 0 bridgehead atoms. The molecule has 0 unspecified atom stereocenters. The van der Waals surface area contributed by atoms with Crippen LogP contribution in [-0.2, 0) is 0 Å². The molecule has 0 atom stereocenters. The summed E-state index contributed by atoms with van der Waals surface area (Å²) in [6.45, 7) is 7.03. The van der Waals surface area contributed by atoms with Crippen molar-refractivity contribution >= 4 is 16.7 Å². The third-order valence-corrected chi connectivity index (χ3v) is 6.04. The predicted molar refractivity (Wildman–Crippen MR) is 126 cm³/mol. The molecule has 2 N–H and O–H groups in total. The fourth-order valence-electron chi connectivity index (χ4n) is 4.29. The number of rotatable bonds is 6. The zero-order valence-electron chi connectivity index (χ0n) is 18.6. The van der Waals surface area contributed by atoms with E-state index in [0.717, 1.165) is 89.5 Å². The van der Waals surface area contributed by atoms with E-state index >= 15 is 0 Å². The second-order valence-electron chi connectivity index (χ2n) is 8.34. The van der Waals surface area contributed by atoms with E-state index in [2.05, 4.69) is 41.3 Å². The minimum Gasteiger partial charge on any atom is -0.472 e. The van der Waals surface area contributed by atoms with E-state index in [0.29, 0.717) is 5.92 Å². The number of nitrogens with zero attached hydrogens (tertiary/aromatic N) is 4. The lowest BCUT2D eigenvalue weighted by atomic mass is 9.93. The van der Waals surface area contributed by atoms with Gasteiger partial charge in [0.15, 0.2) is 5.82 Å². The van der Waals surface area contributed by atoms with Crippen LogP contribution in [0.15, 0.2) is 52.5 Å². The molecule has 5 heterocycles. The number of hydrogen-bond donors (Lipinski definition) is 2. The standard InChI is InChI=1S/C25H28N6O/c1-3-9-28-24(22-16(2)4-5-20(29-22)17-6-10-26-11-7-17)25-30-21-14-27-13-19(23(21)31-25)18-8-12-32-15-18/h4-5,8,12-15,17,26H,3,6-7,9-11H2,1-2H3,(H,30,31). The van der Waals surface area contributed by atoms with Crippen LogP contribution in [0.2, 0.25) is 0 Å². The summed E-state index contributed by atoms with van der Waals surface area (Å²) in [7, 11) is 0. The Morgan fingerprint density at radius 2 is 2.03 bits per heavy atom. The Bertz CT molecular complexity index is 1230. The zero-order valence-corrected chi connectivity index (χ0v) is 18.6. The molecule has 0 radical (unpaired) electrons. The van der Waals surface area contributed by atoms with Crippen LogP contribution in [0.1, 0.15) is 54.9 Å². The number of furan rings is 1. The van der Waals surface area contributed by atoms with E-state index in [4.69, 9.17) is 19.4 Å². The van der Waals surface area contributed by atoms with Gasteiger partial charge in [0.2, 0.25) is 0 Å². The van der Waals surface area contributed by atoms with Crippen LogP contribution in [-0.4, -0.2) is 45.3 Å². The van der Waals surface area contributed by atoms with Gasteiger partial charge in [0.25, 0.3) is 0 Å². The molecule has 1 saturated heterocycles. The van der Waals surface area contributed by atoms with E-state index in [1.807, 2.05) is 12.3 Å². The van der Waals surface area contributed by atoms with Gasteiger partial charge in [-0.25, -0.2) is 4.98 Å². The Labute approximate surface area is 187 Å². The van der Waals surface area contributed by atoms with Crippen molar-refractivity contribution in [3.05, 3.63) is 65.9 Å². The van der Waals surface area contributed by atoms with Gasteiger partial charge in [-0.2, -0.15) is 0 Å². The first-order valence-electron chi connectivity index (χ1n) is 11.3. The molecule has 164 valence electrons. The van der Waals surface area contributed by atoms with Gasteiger partial charge in [0.1, 0.15) is 11.2 Å². The summed E-state index contributed by atoms with van der Waals surface area (Å²) < 4.78 is 5.28. The third-order valence-electron chi connectivity index (χ3n) is 6.04. The van der Waals surface area contributed by atoms with Crippen LogP contribution in [0.5, 0.6) is 0 Å². The molecule has 1 aliphatic heterocycles. The second kappa shape index (κ2) is 9.04. The summed E-state index contributed by atoms with van der Waals surface area (Å²) in [5, 5.41) is 3.44. The molecular formula is C25H28N6O. The Morgan fingerprint density at radius 1 is 1.16 bits per heavy atom. The van der Waals surface area contributed by atoms with Crippen molar-refractivity contribution in [1.29, 1.82) is 0 Å². The molecule has 1 aliphatic rings. The Balaban J connectivity index is 1.61. The first kappa shape index (κ1) is 20.6. The number of imidazole rings is 1. The maximum absolute atomic E-state index is 5.28. The highest BCUT2D eigenvalue weighted by Gasteiger charge is 2.21. The fourth-order valence-corrected chi connectivity index (χ4v) is 4.29. The number of nitrogens with one attached hydrogen (secondary N) is 2. The molecule has 0 aromatic carbocycles. The van der Waals surface area contributed by atoms with Crippen molar-refractivity contribution in [3.63, 3.8) is 0 Å². The third kappa shape index (κ3) is 3.96. The number of aliphatic imine (C=N–C) groups is 1. The summed E-state index contributed by atoms with van der Waals surface area (Å²) in [5.74, 6) is 1.21. The van der Waals surface area contributed by atoms with E-state index in [1.54, 1.807) is 18.7 Å². The Kier molecular flexibility index (Phi) is 5.81. The molecule has 0 aliphatic carbocycles. The SMILES string of the molecule is CCCN=C(c1nc2c(-c3ccoc3)cncc2[nH]1)c1nc(C2CCNCC2)ccc1C. The molecule has 4 aromatic rings. The number of hydrogen-bond acceptors (Lipinski definition) is 6. The Morgan fingerprint density at radius 3 is 2.81 bits per heavy atom. The highest BCUT2D eigenvalue weighted by atomic mass is 16.3. The number of fused-ring (bicyclic) bond motifs is 1. The first-order chi connectivity index (χ1) is 15.7. The topological polar surface area (TPSA) is 92.0 Å². The molecule has 7 heteroatoms. The van der Waals surface area contributed by atoms with Crippen molar-refractivity contribution < 1.29 is 4.42 Å². The summed E-state index contributed by atoms with van der Waals surface area (Å²) in [4.78, 5) is 22.9. The molecule has 1 fully saturated rings. The molecule has 5 rings (SSSR count). The Hall–Kier alpha value is -3.32. The number of aryl methyl sites for hydroxylation is 1. The summed E-state index contributed by atoms with van der Waals surface area (Å²) in [6.07, 6.45) is 10.2. The van der Waals surface area contributed by atoms with Crippen molar-refractivity contribution in [2.75, 3.05) is 19.6 Å². The molecule has 0 amide bonds. The summed E-state index contributed by atoms with van der Waals surface area (Å²) in [6, 6.07) is 6.26. The second-order valence-corrected chi connectivity index (χ2v) is 8.34. The normalized spacial score (nSPS) is 15.5. The lowest BCUT2D eigenvalue weighted by molar-refractivity contribution is 0.453. The van der Waals surface area contributed by atoms with Crippen LogP contribution >= 0.6 is 0 Å². The van der Waals surface area contributed by atoms with Crippen LogP contribution in [0.3, 0.4) is 0 Å². The van der Waals surface area contributed by atoms with Crippen molar-refractivity contribution in [3.8, 4) is 11.1 Å². The van der Waals surface area contributed by atoms with Crippen LogP contribution in [0.25, 0.3) is 22.2 Å². The fraction of sp³-hybridized carbons (Fsp3) is 0.360. The molecule has 0 spiro atoms. The number of H-pyrrole nitrogens is 1. The van der Waals surface area contributed by atoms with Gasteiger partial charge >= 0.3 is 0 Å². The molecule has 4 aromatic heterocycles. The van der Waals surface area contributed by atoms with E-state index in [-0.39, 0.29) is 0 Å². The van der Waals surface area contributed by atoms with E-state index < -0.39 is 0 Å². The maximum atomic E-state index is 5.28. The molecule has 0 saturated carbocycles. The number of pyridine rings is 2. The largest absolute Gasteiger partial charge is 0.472 e. The molecule has 32 heavy (non-hydrogen) atoms. The minimum absolute atomic E-state index is 0.482. The van der Waals surface area contributed by atoms with Crippen molar-refractivity contribution in [1.82, 2.24) is 25.3 Å². The maximum Gasteiger partial charge on any atom is 0.159 e. The highest BCUT2D eigenvalue weighted by molar-refractivity contribution is 6.12. The van der Waals surface area contributed by atoms with Crippen LogP contribution in [0, 0.1) is 6.92 Å². The smallest absolute Gasteiger partial charge is 0.159 e. The first-order valence-corrected chi connectivity index (χ1v) is 11.3. The summed E-state index contributed by atoms with van der Waals surface area (Å²) in [5.41, 5.74) is 7.58. The van der Waals surface area contributed by atoms with Crippen molar-refractivity contribution in [2.24, 2.45) is 4.99 Å². The number of aromatic nitrogens is 4. The van der Waals surface area contributed by atoms with Gasteiger partial charge in [-0.3, -0.25) is 15.0 Å². The van der Waals surface area contributed by atoms with Gasteiger partial charge in [-0.05, 0) is 57.0 Å². The van der Waals surface area contributed by atoms with E-state index in [9.17, 15) is 0 Å². The zero-order chi connectivity index (χ0) is 21.9. The highest BCUT2D eigenvalue weighted by Crippen LogP contribution is 2.28. The van der Waals surface area contributed by atoms with Gasteiger partial charge in [0, 0.05) is 35.5 Å². The van der Waals surface area contributed by atoms with Gasteiger partial charge < -0.3 is 14.7 Å². The van der Waals surface area contributed by atoms with Gasteiger partial charge in [0.05, 0.1) is 29.9 Å². The lowest BCUT2D eigenvalue weighted by Gasteiger charge is -2.23. The van der Waals surface area contributed by atoms with E-state index in [1.165, 1.54) is 0 Å². The number of aromatic amines is 1. The average Bonchev–Trinajstić information content (AvgIpc) is 3.51. The molecule has 7 nitrogen and oxygen atoms in total. The van der Waals surface area contributed by atoms with Crippen LogP contribution < -0.4 is 5.32 Å². The monoisotopic (exact) mass is 428 g/mol. The van der Waals surface area contributed by atoms with Gasteiger partial charge in [-0.1, -0.05) is 13.0 Å². The van der Waals surface area contributed by atoms with Crippen molar-refractivity contribution in [2.45, 2.75) is 39.0 Å². The number of piperidine rings is 1. The minimum atomic E-state index is 0.482. The van der Waals surface area contributed by atoms with Gasteiger partial charge in [-0.15, -0.1) is 0 Å². The quantitative estimate of drug-likeness (QED) is 0.437. The molecular weight excluding hydrogens is 400 g/mol. The lowest BCUT2D eigenvalue weighted by Crippen LogP contribution is -2.27. The predicted octanol–water partition coefficient (Wildman–Crippen LogP) is 4.64. The summed E-state index contributed by atoms with van der Waals surface area (Å²) >= 11 is 0.